The molecule has 0 aliphatic heterocycles. The average molecular weight is 356 g/mol. The Bertz CT molecular complexity index is 112. The molecule has 128 valence electrons. The molecule has 0 radical (unpaired) electrons. The molecule has 0 heterocycles. The summed E-state index contributed by atoms with van der Waals surface area (Å²) < 4.78 is 0. The fourth-order valence-electron chi connectivity index (χ4n) is 1.56. The molecule has 0 rings (SSSR count). The van der Waals surface area contributed by atoms with Gasteiger partial charge in [-0.25, -0.2) is 0 Å². The third kappa shape index (κ3) is 62.6. The topological polar surface area (TPSA) is 60.7 Å². The molecule has 5 heteroatoms. The second kappa shape index (κ2) is 32.8. The SMILES string of the molecule is OP(O)O.[CH2-]CCCCCCC.[CH2-]CCCCCCC.[Ti+2]. The zero-order valence-corrected chi connectivity index (χ0v) is 16.6. The molecule has 0 spiro atoms. The second-order valence-corrected chi connectivity index (χ2v) is 5.34. The smallest absolute Gasteiger partial charge is 0.343 e. The minimum absolute atomic E-state index is 0. The molecule has 0 fully saturated rings. The molecule has 0 saturated carbocycles. The quantitative estimate of drug-likeness (QED) is 0.208. The third-order valence-corrected chi connectivity index (χ3v) is 2.71. The zero-order valence-electron chi connectivity index (χ0n) is 14.2. The van der Waals surface area contributed by atoms with Crippen LogP contribution in [0.1, 0.15) is 90.9 Å². The Hall–Kier alpha value is 1.02. The fraction of sp³-hybridized carbons (Fsp3) is 0.875. The van der Waals surface area contributed by atoms with Crippen molar-refractivity contribution in [2.45, 2.75) is 90.9 Å². The van der Waals surface area contributed by atoms with E-state index in [9.17, 15) is 0 Å². The van der Waals surface area contributed by atoms with Crippen LogP contribution in [-0.2, 0) is 21.7 Å². The van der Waals surface area contributed by atoms with Gasteiger partial charge in [-0.2, -0.15) is 12.8 Å². The Morgan fingerprint density at radius 3 is 1.05 bits per heavy atom. The van der Waals surface area contributed by atoms with Crippen LogP contribution in [0, 0.1) is 13.8 Å². The van der Waals surface area contributed by atoms with Gasteiger partial charge in [0.15, 0.2) is 0 Å². The van der Waals surface area contributed by atoms with Gasteiger partial charge in [0, 0.05) is 0 Å². The van der Waals surface area contributed by atoms with E-state index in [1.54, 1.807) is 0 Å². The molecule has 0 atom stereocenters. The summed E-state index contributed by atoms with van der Waals surface area (Å²) in [4.78, 5) is 21.7. The zero-order chi connectivity index (χ0) is 16.1. The van der Waals surface area contributed by atoms with Crippen molar-refractivity contribution >= 4 is 8.60 Å². The first kappa shape index (κ1) is 30.0. The molecule has 0 aromatic carbocycles. The molecule has 0 aromatic rings. The van der Waals surface area contributed by atoms with Gasteiger partial charge < -0.3 is 28.5 Å². The van der Waals surface area contributed by atoms with Crippen molar-refractivity contribution in [1.82, 2.24) is 0 Å². The van der Waals surface area contributed by atoms with E-state index in [2.05, 4.69) is 27.7 Å². The molecule has 0 amide bonds. The van der Waals surface area contributed by atoms with E-state index in [1.807, 2.05) is 0 Å². The summed E-state index contributed by atoms with van der Waals surface area (Å²) >= 11 is 0. The minimum atomic E-state index is -2.62. The second-order valence-electron chi connectivity index (χ2n) is 4.80. The number of unbranched alkanes of at least 4 members (excludes halogenated alkanes) is 10. The van der Waals surface area contributed by atoms with Gasteiger partial charge in [-0.05, 0) is 0 Å². The van der Waals surface area contributed by atoms with E-state index in [-0.39, 0.29) is 21.7 Å². The maximum Gasteiger partial charge on any atom is 2.00 e. The first-order valence-electron chi connectivity index (χ1n) is 8.01. The number of hydrogen-bond donors (Lipinski definition) is 3. The molecule has 3 nitrogen and oxygen atoms in total. The van der Waals surface area contributed by atoms with E-state index in [4.69, 9.17) is 14.7 Å². The van der Waals surface area contributed by atoms with Crippen molar-refractivity contribution < 1.29 is 36.4 Å². The van der Waals surface area contributed by atoms with Gasteiger partial charge in [0.2, 0.25) is 0 Å². The Morgan fingerprint density at radius 1 is 0.619 bits per heavy atom. The van der Waals surface area contributed by atoms with E-state index in [1.165, 1.54) is 64.2 Å². The van der Waals surface area contributed by atoms with Gasteiger partial charge in [0.05, 0.1) is 0 Å². The molecule has 0 aliphatic rings. The van der Waals surface area contributed by atoms with Crippen LogP contribution in [0.15, 0.2) is 0 Å². The van der Waals surface area contributed by atoms with Crippen molar-refractivity contribution in [2.24, 2.45) is 0 Å². The maximum absolute atomic E-state index is 7.23. The summed E-state index contributed by atoms with van der Waals surface area (Å²) in [5, 5.41) is 0. The largest absolute Gasteiger partial charge is 2.00 e. The van der Waals surface area contributed by atoms with Gasteiger partial charge >= 0.3 is 30.3 Å². The first-order valence-corrected chi connectivity index (χ1v) is 9.21. The molecular formula is C16H37O3PTi. The summed E-state index contributed by atoms with van der Waals surface area (Å²) in [6.45, 7) is 12.0. The third-order valence-electron chi connectivity index (χ3n) is 2.71. The van der Waals surface area contributed by atoms with E-state index in [0.717, 1.165) is 12.8 Å². The van der Waals surface area contributed by atoms with E-state index < -0.39 is 8.60 Å². The summed E-state index contributed by atoms with van der Waals surface area (Å²) in [5.41, 5.74) is 0. The first-order chi connectivity index (χ1) is 9.56. The number of rotatable bonds is 10. The van der Waals surface area contributed by atoms with Crippen molar-refractivity contribution in [3.63, 3.8) is 0 Å². The molecule has 0 bridgehead atoms. The fourth-order valence-corrected chi connectivity index (χ4v) is 1.56. The normalized spacial score (nSPS) is 9.14. The van der Waals surface area contributed by atoms with Gasteiger partial charge in [0.25, 0.3) is 0 Å². The van der Waals surface area contributed by atoms with Crippen molar-refractivity contribution in [2.75, 3.05) is 0 Å². The van der Waals surface area contributed by atoms with Crippen LogP contribution in [0.3, 0.4) is 0 Å². The van der Waals surface area contributed by atoms with E-state index >= 15 is 0 Å². The molecule has 21 heavy (non-hydrogen) atoms. The summed E-state index contributed by atoms with van der Waals surface area (Å²) in [6.07, 6.45) is 16.0. The summed E-state index contributed by atoms with van der Waals surface area (Å²) in [5.74, 6) is 0. The van der Waals surface area contributed by atoms with Crippen LogP contribution >= 0.6 is 8.60 Å². The minimum Gasteiger partial charge on any atom is -0.343 e. The van der Waals surface area contributed by atoms with Crippen molar-refractivity contribution in [3.8, 4) is 0 Å². The molecular weight excluding hydrogens is 319 g/mol. The molecule has 0 unspecified atom stereocenters. The molecule has 0 saturated heterocycles. The Balaban J connectivity index is -0.000000107. The number of hydrogen-bond acceptors (Lipinski definition) is 3. The van der Waals surface area contributed by atoms with Gasteiger partial charge in [-0.1, -0.05) is 78.1 Å². The molecule has 3 N–H and O–H groups in total. The average Bonchev–Trinajstić information content (AvgIpc) is 2.40. The monoisotopic (exact) mass is 356 g/mol. The Labute approximate surface area is 149 Å². The summed E-state index contributed by atoms with van der Waals surface area (Å²) in [6, 6.07) is 0. The Morgan fingerprint density at radius 2 is 0.857 bits per heavy atom. The van der Waals surface area contributed by atoms with Crippen LogP contribution in [0.4, 0.5) is 0 Å². The molecule has 0 aliphatic carbocycles. The summed E-state index contributed by atoms with van der Waals surface area (Å²) in [7, 11) is -2.62. The van der Waals surface area contributed by atoms with E-state index in [0.29, 0.717) is 0 Å². The Kier molecular flexibility index (Phi) is 46.8. The van der Waals surface area contributed by atoms with Crippen LogP contribution in [0.25, 0.3) is 0 Å². The predicted octanol–water partition coefficient (Wildman–Crippen LogP) is 5.55. The van der Waals surface area contributed by atoms with Gasteiger partial charge in [0.1, 0.15) is 0 Å². The van der Waals surface area contributed by atoms with Crippen LogP contribution < -0.4 is 0 Å². The van der Waals surface area contributed by atoms with Crippen molar-refractivity contribution in [3.05, 3.63) is 13.8 Å². The standard InChI is InChI=1S/2C8H17.H3O3P.Ti/c2*1-3-5-7-8-6-4-2;1-4(2)3;/h2*1,3-8H2,2H3;1-3H;/q2*-1;;+2. The molecule has 0 aromatic heterocycles. The maximum atomic E-state index is 7.23. The van der Waals surface area contributed by atoms with Crippen molar-refractivity contribution in [1.29, 1.82) is 0 Å². The van der Waals surface area contributed by atoms with Crippen LogP contribution in [-0.4, -0.2) is 14.7 Å². The predicted molar refractivity (Wildman–Crippen MR) is 91.0 cm³/mol. The van der Waals surface area contributed by atoms with Crippen LogP contribution in [0.2, 0.25) is 0 Å². The van der Waals surface area contributed by atoms with Gasteiger partial charge in [-0.3, -0.25) is 0 Å². The van der Waals surface area contributed by atoms with Crippen LogP contribution in [0.5, 0.6) is 0 Å². The van der Waals surface area contributed by atoms with Gasteiger partial charge in [-0.15, -0.1) is 0 Å².